The van der Waals surface area contributed by atoms with Gasteiger partial charge in [0, 0.05) is 35.0 Å². The smallest absolute Gasteiger partial charge is 0.169 e. The molecule has 94 valence electrons. The van der Waals surface area contributed by atoms with Crippen LogP contribution in [0.15, 0.2) is 22.8 Å². The van der Waals surface area contributed by atoms with Crippen LogP contribution in [0.1, 0.15) is 0 Å². The van der Waals surface area contributed by atoms with Crippen molar-refractivity contribution in [2.45, 2.75) is 5.37 Å². The molecule has 0 aromatic carbocycles. The molecule has 0 bridgehead atoms. The van der Waals surface area contributed by atoms with Crippen LogP contribution in [0.3, 0.4) is 0 Å². The van der Waals surface area contributed by atoms with Gasteiger partial charge in [0.05, 0.1) is 0 Å². The second-order valence-corrected chi connectivity index (χ2v) is 8.16. The molecule has 7 heteroatoms. The summed E-state index contributed by atoms with van der Waals surface area (Å²) >= 11 is 4.99. The third-order valence-corrected chi connectivity index (χ3v) is 5.70. The lowest BCUT2D eigenvalue weighted by Crippen LogP contribution is -2.47. The average Bonchev–Trinajstić information content (AvgIpc) is 2.29. The van der Waals surface area contributed by atoms with E-state index in [2.05, 4.69) is 20.9 Å². The molecular weight excluding hydrogens is 324 g/mol. The van der Waals surface area contributed by atoms with Gasteiger partial charge in [0.25, 0.3) is 0 Å². The molecule has 0 N–H and O–H groups in total. The summed E-state index contributed by atoms with van der Waals surface area (Å²) in [6.45, 7) is 0.719. The number of rotatable bonds is 2. The number of nitrogens with zero attached hydrogens (tertiary/aromatic N) is 2. The summed E-state index contributed by atoms with van der Waals surface area (Å²) in [5.41, 5.74) is 0. The summed E-state index contributed by atoms with van der Waals surface area (Å²) in [5.74, 6) is 2.27. The van der Waals surface area contributed by atoms with Crippen molar-refractivity contribution in [3.63, 3.8) is 0 Å². The molecular formula is C10H13BrN2O2S2. The zero-order valence-electron chi connectivity index (χ0n) is 9.34. The Hall–Kier alpha value is -0.270. The molecule has 0 spiro atoms. The number of hydrogen-bond donors (Lipinski definition) is 0. The Balaban J connectivity index is 2.31. The zero-order valence-corrected chi connectivity index (χ0v) is 12.6. The monoisotopic (exact) mass is 336 g/mol. The van der Waals surface area contributed by atoms with Crippen molar-refractivity contribution >= 4 is 43.3 Å². The molecule has 2 heterocycles. The van der Waals surface area contributed by atoms with Crippen LogP contribution < -0.4 is 4.90 Å². The highest BCUT2D eigenvalue weighted by atomic mass is 79.9. The SMILES string of the molecule is CS(=O)(=O)C1CSCCN1c1ccc(Br)cn1. The minimum Gasteiger partial charge on any atom is -0.338 e. The van der Waals surface area contributed by atoms with Gasteiger partial charge in [0.15, 0.2) is 9.84 Å². The summed E-state index contributed by atoms with van der Waals surface area (Å²) in [5, 5.41) is -0.463. The maximum absolute atomic E-state index is 11.7. The second kappa shape index (κ2) is 5.16. The first-order valence-corrected chi connectivity index (χ1v) is 9.03. The molecule has 1 aliphatic heterocycles. The van der Waals surface area contributed by atoms with Crippen molar-refractivity contribution < 1.29 is 8.42 Å². The lowest BCUT2D eigenvalue weighted by atomic mass is 10.4. The van der Waals surface area contributed by atoms with Crippen LogP contribution in [0.2, 0.25) is 0 Å². The predicted molar refractivity (Wildman–Crippen MR) is 75.2 cm³/mol. The van der Waals surface area contributed by atoms with Gasteiger partial charge in [-0.05, 0) is 28.1 Å². The van der Waals surface area contributed by atoms with Crippen LogP contribution in [0, 0.1) is 0 Å². The van der Waals surface area contributed by atoms with Gasteiger partial charge in [0.2, 0.25) is 0 Å². The van der Waals surface area contributed by atoms with Crippen LogP contribution in [-0.2, 0) is 9.84 Å². The van der Waals surface area contributed by atoms with Gasteiger partial charge in [-0.2, -0.15) is 11.8 Å². The first-order valence-electron chi connectivity index (χ1n) is 5.13. The van der Waals surface area contributed by atoms with Crippen molar-refractivity contribution in [1.82, 2.24) is 4.98 Å². The molecule has 1 aromatic heterocycles. The molecule has 1 atom stereocenters. The van der Waals surface area contributed by atoms with Crippen molar-refractivity contribution in [2.75, 3.05) is 29.2 Å². The van der Waals surface area contributed by atoms with Crippen LogP contribution >= 0.6 is 27.7 Å². The van der Waals surface area contributed by atoms with E-state index in [-0.39, 0.29) is 0 Å². The molecule has 2 rings (SSSR count). The van der Waals surface area contributed by atoms with Crippen LogP contribution in [0.4, 0.5) is 5.82 Å². The molecule has 1 aliphatic rings. The Bertz CT molecular complexity index is 490. The Morgan fingerprint density at radius 1 is 1.53 bits per heavy atom. The normalized spacial score (nSPS) is 21.5. The lowest BCUT2D eigenvalue weighted by molar-refractivity contribution is 0.583. The number of halogens is 1. The highest BCUT2D eigenvalue weighted by Crippen LogP contribution is 2.25. The number of pyridine rings is 1. The maximum atomic E-state index is 11.7. The van der Waals surface area contributed by atoms with E-state index in [0.717, 1.165) is 22.6 Å². The number of aromatic nitrogens is 1. The predicted octanol–water partition coefficient (Wildman–Crippen LogP) is 1.77. The van der Waals surface area contributed by atoms with Gasteiger partial charge in [-0.1, -0.05) is 0 Å². The zero-order chi connectivity index (χ0) is 12.5. The highest BCUT2D eigenvalue weighted by Gasteiger charge is 2.31. The molecule has 0 saturated carbocycles. The highest BCUT2D eigenvalue weighted by molar-refractivity contribution is 9.10. The molecule has 0 aliphatic carbocycles. The summed E-state index contributed by atoms with van der Waals surface area (Å²) in [7, 11) is -3.08. The molecule has 17 heavy (non-hydrogen) atoms. The largest absolute Gasteiger partial charge is 0.338 e. The number of thioether (sulfide) groups is 1. The van der Waals surface area contributed by atoms with Crippen molar-refractivity contribution in [2.24, 2.45) is 0 Å². The summed E-state index contributed by atoms with van der Waals surface area (Å²) < 4.78 is 24.4. The van der Waals surface area contributed by atoms with E-state index < -0.39 is 15.2 Å². The van der Waals surface area contributed by atoms with E-state index in [1.165, 1.54) is 6.26 Å². The molecule has 1 unspecified atom stereocenters. The Kier molecular flexibility index (Phi) is 3.99. The van der Waals surface area contributed by atoms with Gasteiger partial charge in [-0.3, -0.25) is 0 Å². The van der Waals surface area contributed by atoms with Crippen LogP contribution in [0.25, 0.3) is 0 Å². The average molecular weight is 337 g/mol. The molecule has 1 fully saturated rings. The first-order chi connectivity index (χ1) is 7.98. The minimum absolute atomic E-state index is 0.463. The van der Waals surface area contributed by atoms with Gasteiger partial charge < -0.3 is 4.90 Å². The van der Waals surface area contributed by atoms with Crippen molar-refractivity contribution in [3.8, 4) is 0 Å². The third-order valence-electron chi connectivity index (χ3n) is 2.58. The van der Waals surface area contributed by atoms with Crippen LogP contribution in [-0.4, -0.2) is 43.1 Å². The minimum atomic E-state index is -3.08. The van der Waals surface area contributed by atoms with E-state index in [1.54, 1.807) is 18.0 Å². The Morgan fingerprint density at radius 2 is 2.29 bits per heavy atom. The molecule has 1 saturated heterocycles. The first kappa shape index (κ1) is 13.2. The fourth-order valence-electron chi connectivity index (χ4n) is 1.74. The van der Waals surface area contributed by atoms with Crippen LogP contribution in [0.5, 0.6) is 0 Å². The van der Waals surface area contributed by atoms with E-state index in [0.29, 0.717) is 5.75 Å². The molecule has 0 radical (unpaired) electrons. The molecule has 4 nitrogen and oxygen atoms in total. The fourth-order valence-corrected chi connectivity index (χ4v) is 4.80. The number of sulfone groups is 1. The van der Waals surface area contributed by atoms with E-state index in [1.807, 2.05) is 17.0 Å². The Morgan fingerprint density at radius 3 is 2.88 bits per heavy atom. The maximum Gasteiger partial charge on any atom is 0.169 e. The lowest BCUT2D eigenvalue weighted by Gasteiger charge is -2.34. The topological polar surface area (TPSA) is 50.3 Å². The second-order valence-electron chi connectivity index (χ2n) is 3.89. The van der Waals surface area contributed by atoms with E-state index in [4.69, 9.17) is 0 Å². The van der Waals surface area contributed by atoms with Gasteiger partial charge in [-0.25, -0.2) is 13.4 Å². The summed E-state index contributed by atoms with van der Waals surface area (Å²) in [6, 6.07) is 3.72. The molecule has 0 amide bonds. The number of anilines is 1. The quantitative estimate of drug-likeness (QED) is 0.823. The van der Waals surface area contributed by atoms with Crippen molar-refractivity contribution in [3.05, 3.63) is 22.8 Å². The van der Waals surface area contributed by atoms with Crippen molar-refractivity contribution in [1.29, 1.82) is 0 Å². The summed E-state index contributed by atoms with van der Waals surface area (Å²) in [6.07, 6.45) is 2.98. The summed E-state index contributed by atoms with van der Waals surface area (Å²) in [4.78, 5) is 6.14. The van der Waals surface area contributed by atoms with Gasteiger partial charge in [-0.15, -0.1) is 0 Å². The standard InChI is InChI=1S/C10H13BrN2O2S2/c1-17(14,15)10-7-16-5-4-13(10)9-3-2-8(11)6-12-9/h2-3,6,10H,4-5,7H2,1H3. The fraction of sp³-hybridized carbons (Fsp3) is 0.500. The van der Waals surface area contributed by atoms with Gasteiger partial charge >= 0.3 is 0 Å². The van der Waals surface area contributed by atoms with E-state index >= 15 is 0 Å². The number of hydrogen-bond acceptors (Lipinski definition) is 5. The third kappa shape index (κ3) is 3.14. The Labute approximate surface area is 114 Å². The molecule has 1 aromatic rings. The van der Waals surface area contributed by atoms with Gasteiger partial charge in [0.1, 0.15) is 11.2 Å². The van der Waals surface area contributed by atoms with E-state index in [9.17, 15) is 8.42 Å².